The summed E-state index contributed by atoms with van der Waals surface area (Å²) in [6.45, 7) is 2.32. The summed E-state index contributed by atoms with van der Waals surface area (Å²) in [4.78, 5) is 36.6. The number of carboxylic acid groups (broad SMARTS) is 1. The van der Waals surface area contributed by atoms with Crippen LogP contribution >= 0.6 is 0 Å². The highest BCUT2D eigenvalue weighted by molar-refractivity contribution is 5.99. The molecule has 0 bridgehead atoms. The van der Waals surface area contributed by atoms with Crippen LogP contribution in [0.4, 0.5) is 10.5 Å². The summed E-state index contributed by atoms with van der Waals surface area (Å²) in [6, 6.07) is 1.02. The number of aromatic amines is 1. The Labute approximate surface area is 121 Å². The van der Waals surface area contributed by atoms with E-state index in [0.717, 1.165) is 12.8 Å². The van der Waals surface area contributed by atoms with Crippen molar-refractivity contribution in [2.45, 2.75) is 19.8 Å². The van der Waals surface area contributed by atoms with E-state index in [1.165, 1.54) is 6.07 Å². The van der Waals surface area contributed by atoms with Gasteiger partial charge in [0, 0.05) is 24.7 Å². The predicted octanol–water partition coefficient (Wildman–Crippen LogP) is 0.669. The van der Waals surface area contributed by atoms with Gasteiger partial charge in [-0.15, -0.1) is 0 Å². The van der Waals surface area contributed by atoms with Gasteiger partial charge in [0.15, 0.2) is 0 Å². The lowest BCUT2D eigenvalue weighted by Crippen LogP contribution is -2.37. The molecule has 0 radical (unpaired) electrons. The molecule has 0 saturated heterocycles. The summed E-state index contributed by atoms with van der Waals surface area (Å²) in [5.41, 5.74) is 0.781. The average Bonchev–Trinajstić information content (AvgIpc) is 3.19. The van der Waals surface area contributed by atoms with Crippen molar-refractivity contribution >= 4 is 23.6 Å². The number of carbonyl (C=O) groups excluding carboxylic acids is 2. The van der Waals surface area contributed by atoms with Crippen molar-refractivity contribution in [1.82, 2.24) is 15.6 Å². The molecule has 1 aromatic heterocycles. The van der Waals surface area contributed by atoms with Crippen molar-refractivity contribution in [3.63, 3.8) is 0 Å². The van der Waals surface area contributed by atoms with E-state index < -0.39 is 12.0 Å². The number of hydrogen-bond acceptors (Lipinski definition) is 3. The summed E-state index contributed by atoms with van der Waals surface area (Å²) >= 11 is 0. The maximum Gasteiger partial charge on any atom is 0.354 e. The van der Waals surface area contributed by atoms with E-state index in [1.54, 1.807) is 6.92 Å². The van der Waals surface area contributed by atoms with Crippen LogP contribution in [-0.2, 0) is 4.79 Å². The van der Waals surface area contributed by atoms with Crippen LogP contribution in [0, 0.1) is 12.8 Å². The fourth-order valence-corrected chi connectivity index (χ4v) is 1.87. The first-order valence-corrected chi connectivity index (χ1v) is 6.73. The zero-order valence-electron chi connectivity index (χ0n) is 11.7. The summed E-state index contributed by atoms with van der Waals surface area (Å²) < 4.78 is 0. The van der Waals surface area contributed by atoms with E-state index >= 15 is 0 Å². The molecule has 5 N–H and O–H groups in total. The minimum absolute atomic E-state index is 0.0200. The Hall–Kier alpha value is -2.51. The molecule has 8 heteroatoms. The third-order valence-electron chi connectivity index (χ3n) is 3.07. The van der Waals surface area contributed by atoms with Crippen LogP contribution in [0.15, 0.2) is 6.07 Å². The first-order chi connectivity index (χ1) is 9.97. The molecule has 1 aliphatic carbocycles. The maximum absolute atomic E-state index is 11.6. The number of anilines is 1. The molecule has 0 aliphatic heterocycles. The van der Waals surface area contributed by atoms with E-state index in [2.05, 4.69) is 20.9 Å². The monoisotopic (exact) mass is 294 g/mol. The summed E-state index contributed by atoms with van der Waals surface area (Å²) in [5.74, 6) is -0.985. The van der Waals surface area contributed by atoms with Gasteiger partial charge >= 0.3 is 12.0 Å². The minimum atomic E-state index is -1.14. The standard InChI is InChI=1S/C13H18N4O4/c1-7-6-9(10(16-7)12(19)20)17-13(21)15-5-4-14-11(18)8-2-3-8/h6,8,16H,2-5H2,1H3,(H,14,18)(H,19,20)(H2,15,17,21). The molecule has 114 valence electrons. The molecule has 1 aromatic rings. The van der Waals surface area contributed by atoms with Crippen molar-refractivity contribution in [2.24, 2.45) is 5.92 Å². The smallest absolute Gasteiger partial charge is 0.354 e. The summed E-state index contributed by atoms with van der Waals surface area (Å²) in [7, 11) is 0. The maximum atomic E-state index is 11.6. The number of urea groups is 1. The lowest BCUT2D eigenvalue weighted by molar-refractivity contribution is -0.122. The van der Waals surface area contributed by atoms with Gasteiger partial charge in [-0.2, -0.15) is 0 Å². The quantitative estimate of drug-likeness (QED) is 0.495. The zero-order valence-corrected chi connectivity index (χ0v) is 11.7. The van der Waals surface area contributed by atoms with Crippen LogP contribution < -0.4 is 16.0 Å². The van der Waals surface area contributed by atoms with Gasteiger partial charge in [0.1, 0.15) is 5.69 Å². The molecule has 1 aliphatic rings. The Morgan fingerprint density at radius 1 is 1.29 bits per heavy atom. The fourth-order valence-electron chi connectivity index (χ4n) is 1.87. The molecule has 1 heterocycles. The van der Waals surface area contributed by atoms with Crippen LogP contribution in [0.3, 0.4) is 0 Å². The van der Waals surface area contributed by atoms with E-state index in [9.17, 15) is 14.4 Å². The predicted molar refractivity (Wildman–Crippen MR) is 75.2 cm³/mol. The molecule has 2 rings (SSSR count). The van der Waals surface area contributed by atoms with E-state index in [0.29, 0.717) is 12.2 Å². The number of hydrogen-bond donors (Lipinski definition) is 5. The van der Waals surface area contributed by atoms with Gasteiger partial charge < -0.3 is 26.0 Å². The van der Waals surface area contributed by atoms with Crippen molar-refractivity contribution in [3.8, 4) is 0 Å². The molecular formula is C13H18N4O4. The highest BCUT2D eigenvalue weighted by atomic mass is 16.4. The molecule has 21 heavy (non-hydrogen) atoms. The number of H-pyrrole nitrogens is 1. The number of aryl methyl sites for hydroxylation is 1. The Bertz CT molecular complexity index is 563. The molecule has 1 saturated carbocycles. The topological polar surface area (TPSA) is 123 Å². The third kappa shape index (κ3) is 4.23. The Morgan fingerprint density at radius 3 is 2.57 bits per heavy atom. The van der Waals surface area contributed by atoms with Crippen molar-refractivity contribution in [1.29, 1.82) is 0 Å². The second-order valence-corrected chi connectivity index (χ2v) is 4.99. The first-order valence-electron chi connectivity index (χ1n) is 6.73. The second kappa shape index (κ2) is 6.29. The zero-order chi connectivity index (χ0) is 15.4. The largest absolute Gasteiger partial charge is 0.477 e. The highest BCUT2D eigenvalue weighted by Gasteiger charge is 2.29. The van der Waals surface area contributed by atoms with Crippen LogP contribution in [0.25, 0.3) is 0 Å². The number of aromatic nitrogens is 1. The number of aromatic carboxylic acids is 1. The molecular weight excluding hydrogens is 276 g/mol. The Balaban J connectivity index is 1.74. The number of amides is 3. The average molecular weight is 294 g/mol. The normalized spacial score (nSPS) is 13.6. The molecule has 1 fully saturated rings. The van der Waals surface area contributed by atoms with Crippen molar-refractivity contribution in [2.75, 3.05) is 18.4 Å². The third-order valence-corrected chi connectivity index (χ3v) is 3.07. The second-order valence-electron chi connectivity index (χ2n) is 4.99. The molecule has 0 atom stereocenters. The molecule has 0 aromatic carbocycles. The summed E-state index contributed by atoms with van der Waals surface area (Å²) in [5, 5.41) is 16.7. The molecule has 3 amide bonds. The van der Waals surface area contributed by atoms with Crippen molar-refractivity contribution < 1.29 is 19.5 Å². The number of nitrogens with one attached hydrogen (secondary N) is 4. The van der Waals surface area contributed by atoms with Gasteiger partial charge in [-0.05, 0) is 25.8 Å². The van der Waals surface area contributed by atoms with Crippen LogP contribution in [-0.4, -0.2) is 41.1 Å². The van der Waals surface area contributed by atoms with E-state index in [4.69, 9.17) is 5.11 Å². The lowest BCUT2D eigenvalue weighted by Gasteiger charge is -2.08. The van der Waals surface area contributed by atoms with E-state index in [-0.39, 0.29) is 29.8 Å². The molecule has 0 unspecified atom stereocenters. The summed E-state index contributed by atoms with van der Waals surface area (Å²) in [6.07, 6.45) is 1.87. The molecule has 8 nitrogen and oxygen atoms in total. The number of carboxylic acids is 1. The van der Waals surface area contributed by atoms with Gasteiger partial charge in [-0.1, -0.05) is 0 Å². The van der Waals surface area contributed by atoms with Gasteiger partial charge in [-0.25, -0.2) is 9.59 Å². The van der Waals surface area contributed by atoms with Crippen LogP contribution in [0.1, 0.15) is 29.0 Å². The molecule has 0 spiro atoms. The SMILES string of the molecule is Cc1cc(NC(=O)NCCNC(=O)C2CC2)c(C(=O)O)[nH]1. The lowest BCUT2D eigenvalue weighted by atomic mass is 10.3. The Kier molecular flexibility index (Phi) is 4.46. The van der Waals surface area contributed by atoms with Gasteiger partial charge in [-0.3, -0.25) is 4.79 Å². The van der Waals surface area contributed by atoms with Gasteiger partial charge in [0.05, 0.1) is 5.69 Å². The highest BCUT2D eigenvalue weighted by Crippen LogP contribution is 2.28. The van der Waals surface area contributed by atoms with Crippen molar-refractivity contribution in [3.05, 3.63) is 17.5 Å². The minimum Gasteiger partial charge on any atom is -0.477 e. The van der Waals surface area contributed by atoms with Crippen LogP contribution in [0.5, 0.6) is 0 Å². The van der Waals surface area contributed by atoms with Crippen LogP contribution in [0.2, 0.25) is 0 Å². The first kappa shape index (κ1) is 14.9. The van der Waals surface area contributed by atoms with Gasteiger partial charge in [0.25, 0.3) is 0 Å². The fraction of sp³-hybridized carbons (Fsp3) is 0.462. The Morgan fingerprint density at radius 2 is 1.95 bits per heavy atom. The van der Waals surface area contributed by atoms with Gasteiger partial charge in [0.2, 0.25) is 5.91 Å². The van der Waals surface area contributed by atoms with E-state index in [1.807, 2.05) is 0 Å². The number of rotatable bonds is 6. The number of carbonyl (C=O) groups is 3.